The Hall–Kier alpha value is -1.55. The molecule has 0 spiro atoms. The van der Waals surface area contributed by atoms with Crippen LogP contribution in [0.1, 0.15) is 22.3 Å². The number of aryl methyl sites for hydroxylation is 1. The van der Waals surface area contributed by atoms with Gasteiger partial charge in [0.2, 0.25) is 0 Å². The number of benzene rings is 1. The van der Waals surface area contributed by atoms with Crippen molar-refractivity contribution in [3.8, 4) is 0 Å². The third-order valence-electron chi connectivity index (χ3n) is 3.11. The van der Waals surface area contributed by atoms with Crippen LogP contribution in [0.2, 0.25) is 0 Å². The number of hydrogen-bond donors (Lipinski definition) is 1. The van der Waals surface area contributed by atoms with Crippen LogP contribution in [0.5, 0.6) is 0 Å². The predicted molar refractivity (Wildman–Crippen MR) is 66.9 cm³/mol. The van der Waals surface area contributed by atoms with E-state index in [9.17, 15) is 4.79 Å². The minimum atomic E-state index is 0.0416. The summed E-state index contributed by atoms with van der Waals surface area (Å²) < 4.78 is 5.26. The van der Waals surface area contributed by atoms with Crippen molar-refractivity contribution in [3.05, 3.63) is 29.3 Å². The molecule has 0 aliphatic carbocycles. The van der Waals surface area contributed by atoms with Gasteiger partial charge in [-0.15, -0.1) is 0 Å². The van der Waals surface area contributed by atoms with Crippen molar-refractivity contribution in [2.75, 3.05) is 25.9 Å². The van der Waals surface area contributed by atoms with Crippen LogP contribution in [-0.2, 0) is 4.74 Å². The highest BCUT2D eigenvalue weighted by Crippen LogP contribution is 2.18. The Kier molecular flexibility index (Phi) is 3.33. The zero-order chi connectivity index (χ0) is 12.4. The number of amides is 1. The van der Waals surface area contributed by atoms with Gasteiger partial charge < -0.3 is 15.4 Å². The van der Waals surface area contributed by atoms with Crippen LogP contribution in [0, 0.1) is 6.92 Å². The van der Waals surface area contributed by atoms with Crippen LogP contribution in [0.4, 0.5) is 5.69 Å². The van der Waals surface area contributed by atoms with Gasteiger partial charge in [-0.05, 0) is 37.1 Å². The number of carbonyl (C=O) groups is 1. The molecule has 1 amide bonds. The number of ether oxygens (including phenoxy) is 1. The number of likely N-dealkylation sites (tertiary alicyclic amines) is 1. The summed E-state index contributed by atoms with van der Waals surface area (Å²) in [6, 6.07) is 5.47. The van der Waals surface area contributed by atoms with Gasteiger partial charge in [-0.25, -0.2) is 0 Å². The molecule has 1 heterocycles. The summed E-state index contributed by atoms with van der Waals surface area (Å²) in [5, 5.41) is 0. The van der Waals surface area contributed by atoms with Crippen LogP contribution < -0.4 is 5.73 Å². The monoisotopic (exact) mass is 234 g/mol. The van der Waals surface area contributed by atoms with Crippen molar-refractivity contribution in [1.82, 2.24) is 4.90 Å². The van der Waals surface area contributed by atoms with E-state index in [4.69, 9.17) is 10.5 Å². The van der Waals surface area contributed by atoms with E-state index >= 15 is 0 Å². The third kappa shape index (κ3) is 2.58. The maximum atomic E-state index is 12.2. The first-order chi connectivity index (χ1) is 8.10. The van der Waals surface area contributed by atoms with Gasteiger partial charge in [-0.2, -0.15) is 0 Å². The SMILES string of the molecule is COC1CCN(C(=O)c2cc(C)cc(N)c2)C1. The number of nitrogens with zero attached hydrogens (tertiary/aromatic N) is 1. The predicted octanol–water partition coefficient (Wildman–Crippen LogP) is 1.44. The van der Waals surface area contributed by atoms with Crippen molar-refractivity contribution < 1.29 is 9.53 Å². The molecule has 1 unspecified atom stereocenters. The average Bonchev–Trinajstić information content (AvgIpc) is 2.75. The Bertz CT molecular complexity index is 411. The summed E-state index contributed by atoms with van der Waals surface area (Å²) in [6.07, 6.45) is 1.07. The van der Waals surface area contributed by atoms with Crippen molar-refractivity contribution in [2.24, 2.45) is 0 Å². The molecule has 92 valence electrons. The third-order valence-corrected chi connectivity index (χ3v) is 3.11. The fourth-order valence-electron chi connectivity index (χ4n) is 2.22. The van der Waals surface area contributed by atoms with E-state index in [1.54, 1.807) is 13.2 Å². The van der Waals surface area contributed by atoms with Crippen molar-refractivity contribution in [1.29, 1.82) is 0 Å². The fourth-order valence-corrected chi connectivity index (χ4v) is 2.22. The van der Waals surface area contributed by atoms with E-state index in [-0.39, 0.29) is 12.0 Å². The molecule has 0 bridgehead atoms. The molecule has 1 atom stereocenters. The molecule has 4 heteroatoms. The van der Waals surface area contributed by atoms with E-state index in [0.717, 1.165) is 18.5 Å². The molecular weight excluding hydrogens is 216 g/mol. The van der Waals surface area contributed by atoms with Gasteiger partial charge in [0, 0.05) is 31.5 Å². The van der Waals surface area contributed by atoms with Gasteiger partial charge >= 0.3 is 0 Å². The molecule has 1 aromatic rings. The number of hydrogen-bond acceptors (Lipinski definition) is 3. The summed E-state index contributed by atoms with van der Waals surface area (Å²) in [6.45, 7) is 3.36. The topological polar surface area (TPSA) is 55.6 Å². The van der Waals surface area contributed by atoms with E-state index in [0.29, 0.717) is 17.8 Å². The van der Waals surface area contributed by atoms with Gasteiger partial charge in [0.25, 0.3) is 5.91 Å². The van der Waals surface area contributed by atoms with Crippen LogP contribution in [0.3, 0.4) is 0 Å². The van der Waals surface area contributed by atoms with E-state index in [1.165, 1.54) is 0 Å². The van der Waals surface area contributed by atoms with E-state index in [1.807, 2.05) is 24.0 Å². The Labute approximate surface area is 101 Å². The van der Waals surface area contributed by atoms with Gasteiger partial charge in [-0.3, -0.25) is 4.79 Å². The van der Waals surface area contributed by atoms with Gasteiger partial charge in [0.1, 0.15) is 0 Å². The molecule has 1 saturated heterocycles. The van der Waals surface area contributed by atoms with Crippen LogP contribution in [0.25, 0.3) is 0 Å². The largest absolute Gasteiger partial charge is 0.399 e. The molecule has 0 aromatic heterocycles. The normalized spacial score (nSPS) is 19.6. The Morgan fingerprint density at radius 3 is 2.82 bits per heavy atom. The molecule has 1 fully saturated rings. The second kappa shape index (κ2) is 4.75. The molecule has 17 heavy (non-hydrogen) atoms. The number of nitrogen functional groups attached to an aromatic ring is 1. The summed E-state index contributed by atoms with van der Waals surface area (Å²) >= 11 is 0. The summed E-state index contributed by atoms with van der Waals surface area (Å²) in [4.78, 5) is 14.0. The lowest BCUT2D eigenvalue weighted by atomic mass is 10.1. The quantitative estimate of drug-likeness (QED) is 0.788. The fraction of sp³-hybridized carbons (Fsp3) is 0.462. The van der Waals surface area contributed by atoms with Crippen LogP contribution >= 0.6 is 0 Å². The highest BCUT2D eigenvalue weighted by atomic mass is 16.5. The van der Waals surface area contributed by atoms with Crippen molar-refractivity contribution in [2.45, 2.75) is 19.4 Å². The molecule has 1 aromatic carbocycles. The first kappa shape index (κ1) is 11.9. The number of anilines is 1. The standard InChI is InChI=1S/C13H18N2O2/c1-9-5-10(7-11(14)6-9)13(16)15-4-3-12(8-15)17-2/h5-7,12H,3-4,8,14H2,1-2H3. The van der Waals surface area contributed by atoms with E-state index in [2.05, 4.69) is 0 Å². The second-order valence-electron chi connectivity index (χ2n) is 4.53. The van der Waals surface area contributed by atoms with Gasteiger partial charge in [0.05, 0.1) is 6.10 Å². The van der Waals surface area contributed by atoms with Crippen molar-refractivity contribution in [3.63, 3.8) is 0 Å². The van der Waals surface area contributed by atoms with Crippen LogP contribution in [0.15, 0.2) is 18.2 Å². The molecular formula is C13H18N2O2. The molecule has 1 aliphatic heterocycles. The number of carbonyl (C=O) groups excluding carboxylic acids is 1. The number of methoxy groups -OCH3 is 1. The summed E-state index contributed by atoms with van der Waals surface area (Å²) in [7, 11) is 1.68. The highest BCUT2D eigenvalue weighted by molar-refractivity contribution is 5.95. The van der Waals surface area contributed by atoms with Crippen molar-refractivity contribution >= 4 is 11.6 Å². The lowest BCUT2D eigenvalue weighted by molar-refractivity contribution is 0.0724. The molecule has 0 saturated carbocycles. The Morgan fingerprint density at radius 2 is 2.24 bits per heavy atom. The lowest BCUT2D eigenvalue weighted by Gasteiger charge is -2.16. The number of nitrogens with two attached hydrogens (primary N) is 1. The van der Waals surface area contributed by atoms with Crippen LogP contribution in [-0.4, -0.2) is 37.1 Å². The van der Waals surface area contributed by atoms with E-state index < -0.39 is 0 Å². The molecule has 4 nitrogen and oxygen atoms in total. The molecule has 2 rings (SSSR count). The first-order valence-electron chi connectivity index (χ1n) is 5.79. The number of rotatable bonds is 2. The maximum Gasteiger partial charge on any atom is 0.254 e. The molecule has 2 N–H and O–H groups in total. The zero-order valence-corrected chi connectivity index (χ0v) is 10.3. The zero-order valence-electron chi connectivity index (χ0n) is 10.3. The van der Waals surface area contributed by atoms with Gasteiger partial charge in [0.15, 0.2) is 0 Å². The second-order valence-corrected chi connectivity index (χ2v) is 4.53. The lowest BCUT2D eigenvalue weighted by Crippen LogP contribution is -2.30. The first-order valence-corrected chi connectivity index (χ1v) is 5.79. The molecule has 0 radical (unpaired) electrons. The minimum Gasteiger partial charge on any atom is -0.399 e. The highest BCUT2D eigenvalue weighted by Gasteiger charge is 2.26. The average molecular weight is 234 g/mol. The summed E-state index contributed by atoms with van der Waals surface area (Å²) in [5.41, 5.74) is 8.06. The summed E-state index contributed by atoms with van der Waals surface area (Å²) in [5.74, 6) is 0.0416. The molecule has 1 aliphatic rings. The minimum absolute atomic E-state index is 0.0416. The Balaban J connectivity index is 2.14. The maximum absolute atomic E-state index is 12.2. The Morgan fingerprint density at radius 1 is 1.47 bits per heavy atom. The smallest absolute Gasteiger partial charge is 0.254 e. The van der Waals surface area contributed by atoms with Gasteiger partial charge in [-0.1, -0.05) is 0 Å².